The molecule has 0 spiro atoms. The molecule has 6 heteroatoms. The maximum atomic E-state index is 12.2. The first-order valence-corrected chi connectivity index (χ1v) is 7.30. The summed E-state index contributed by atoms with van der Waals surface area (Å²) in [5, 5.41) is 3.23. The summed E-state index contributed by atoms with van der Waals surface area (Å²) in [5.74, 6) is -0.0133. The first kappa shape index (κ1) is 12.5. The third-order valence-corrected chi connectivity index (χ3v) is 4.56. The summed E-state index contributed by atoms with van der Waals surface area (Å²) in [6.45, 7) is 3.78. The second-order valence-corrected chi connectivity index (χ2v) is 6.26. The zero-order valence-electron chi connectivity index (χ0n) is 9.83. The van der Waals surface area contributed by atoms with Gasteiger partial charge in [0.25, 0.3) is 0 Å². The molecule has 0 aliphatic carbocycles. The highest BCUT2D eigenvalue weighted by molar-refractivity contribution is 7.88. The van der Waals surface area contributed by atoms with Crippen molar-refractivity contribution in [1.29, 1.82) is 0 Å². The summed E-state index contributed by atoms with van der Waals surface area (Å²) in [6.07, 6.45) is 1.62. The van der Waals surface area contributed by atoms with Gasteiger partial charge >= 0.3 is 0 Å². The van der Waals surface area contributed by atoms with Crippen LogP contribution in [0.2, 0.25) is 0 Å². The summed E-state index contributed by atoms with van der Waals surface area (Å²) in [7, 11) is -3.24. The summed E-state index contributed by atoms with van der Waals surface area (Å²) >= 11 is 0. The van der Waals surface area contributed by atoms with Crippen molar-refractivity contribution in [3.05, 3.63) is 30.1 Å². The second-order valence-electron chi connectivity index (χ2n) is 4.29. The third kappa shape index (κ3) is 3.24. The van der Waals surface area contributed by atoms with Gasteiger partial charge in [-0.2, -0.15) is 4.31 Å². The van der Waals surface area contributed by atoms with Gasteiger partial charge in [-0.15, -0.1) is 0 Å². The lowest BCUT2D eigenvalue weighted by molar-refractivity contribution is 0.310. The monoisotopic (exact) mass is 255 g/mol. The van der Waals surface area contributed by atoms with Crippen LogP contribution in [0, 0.1) is 0 Å². The molecule has 1 fully saturated rings. The SMILES string of the molecule is C[C@@H]1CN(S(=O)(=O)Cc2ccccn2)CCN1. The van der Waals surface area contributed by atoms with Crippen molar-refractivity contribution in [3.63, 3.8) is 0 Å². The van der Waals surface area contributed by atoms with E-state index in [9.17, 15) is 8.42 Å². The zero-order chi connectivity index (χ0) is 12.3. The van der Waals surface area contributed by atoms with Gasteiger partial charge in [0.2, 0.25) is 10.0 Å². The first-order valence-electron chi connectivity index (χ1n) is 5.69. The number of pyridine rings is 1. The van der Waals surface area contributed by atoms with Crippen molar-refractivity contribution in [2.24, 2.45) is 0 Å². The number of nitrogens with one attached hydrogen (secondary N) is 1. The van der Waals surface area contributed by atoms with Gasteiger partial charge in [0.1, 0.15) is 5.75 Å². The number of hydrogen-bond acceptors (Lipinski definition) is 4. The summed E-state index contributed by atoms with van der Waals surface area (Å²) in [4.78, 5) is 4.06. The third-order valence-electron chi connectivity index (χ3n) is 2.78. The molecule has 5 nitrogen and oxygen atoms in total. The van der Waals surface area contributed by atoms with Gasteiger partial charge in [-0.3, -0.25) is 4.98 Å². The molecule has 0 aromatic carbocycles. The van der Waals surface area contributed by atoms with Gasteiger partial charge in [-0.05, 0) is 19.1 Å². The number of rotatable bonds is 3. The smallest absolute Gasteiger partial charge is 0.219 e. The zero-order valence-corrected chi connectivity index (χ0v) is 10.7. The molecule has 17 heavy (non-hydrogen) atoms. The molecule has 0 radical (unpaired) electrons. The number of sulfonamides is 1. The molecule has 1 aromatic rings. The largest absolute Gasteiger partial charge is 0.312 e. The molecule has 2 rings (SSSR count). The molecule has 2 heterocycles. The van der Waals surface area contributed by atoms with E-state index in [1.165, 1.54) is 0 Å². The van der Waals surface area contributed by atoms with Crippen LogP contribution in [0.25, 0.3) is 0 Å². The highest BCUT2D eigenvalue weighted by Gasteiger charge is 2.27. The molecule has 1 N–H and O–H groups in total. The van der Waals surface area contributed by atoms with E-state index >= 15 is 0 Å². The molecule has 0 bridgehead atoms. The lowest BCUT2D eigenvalue weighted by Gasteiger charge is -2.30. The molecule has 0 amide bonds. The Kier molecular flexibility index (Phi) is 3.76. The maximum absolute atomic E-state index is 12.2. The molecule has 94 valence electrons. The van der Waals surface area contributed by atoms with Gasteiger partial charge in [0.15, 0.2) is 0 Å². The van der Waals surface area contributed by atoms with E-state index in [0.717, 1.165) is 0 Å². The minimum Gasteiger partial charge on any atom is -0.312 e. The van der Waals surface area contributed by atoms with Crippen LogP contribution in [0.3, 0.4) is 0 Å². The topological polar surface area (TPSA) is 62.3 Å². The lowest BCUT2D eigenvalue weighted by atomic mass is 10.3. The van der Waals surface area contributed by atoms with Crippen LogP contribution in [-0.2, 0) is 15.8 Å². The van der Waals surface area contributed by atoms with E-state index < -0.39 is 10.0 Å². The summed E-state index contributed by atoms with van der Waals surface area (Å²) in [5.41, 5.74) is 0.596. The molecule has 0 saturated carbocycles. The Morgan fingerprint density at radius 1 is 1.53 bits per heavy atom. The number of piperazine rings is 1. The molecule has 1 saturated heterocycles. The molecule has 1 aliphatic rings. The van der Waals surface area contributed by atoms with Crippen molar-refractivity contribution >= 4 is 10.0 Å². The van der Waals surface area contributed by atoms with Crippen LogP contribution in [0.15, 0.2) is 24.4 Å². The van der Waals surface area contributed by atoms with E-state index in [-0.39, 0.29) is 11.8 Å². The number of hydrogen-bond donors (Lipinski definition) is 1. The fourth-order valence-electron chi connectivity index (χ4n) is 1.91. The second kappa shape index (κ2) is 5.12. The molecule has 1 aromatic heterocycles. The van der Waals surface area contributed by atoms with Crippen LogP contribution >= 0.6 is 0 Å². The molecule has 1 atom stereocenters. The Morgan fingerprint density at radius 2 is 2.35 bits per heavy atom. The normalized spacial score (nSPS) is 22.5. The van der Waals surface area contributed by atoms with Crippen molar-refractivity contribution in [2.45, 2.75) is 18.7 Å². The van der Waals surface area contributed by atoms with E-state index in [1.807, 2.05) is 6.92 Å². The highest BCUT2D eigenvalue weighted by atomic mass is 32.2. The van der Waals surface area contributed by atoms with Crippen molar-refractivity contribution < 1.29 is 8.42 Å². The lowest BCUT2D eigenvalue weighted by Crippen LogP contribution is -2.51. The Labute approximate surface area is 102 Å². The highest BCUT2D eigenvalue weighted by Crippen LogP contribution is 2.11. The van der Waals surface area contributed by atoms with E-state index in [1.54, 1.807) is 28.7 Å². The minimum atomic E-state index is -3.24. The standard InChI is InChI=1S/C11H17N3O2S/c1-10-8-14(7-6-12-10)17(15,16)9-11-4-2-3-5-13-11/h2-5,10,12H,6-9H2,1H3/t10-/m1/s1. The Hall–Kier alpha value is -0.980. The number of aromatic nitrogens is 1. The van der Waals surface area contributed by atoms with Crippen molar-refractivity contribution in [1.82, 2.24) is 14.6 Å². The van der Waals surface area contributed by atoms with Crippen molar-refractivity contribution in [2.75, 3.05) is 19.6 Å². The predicted octanol–water partition coefficient (Wildman–Crippen LogP) is 0.205. The molecular weight excluding hydrogens is 238 g/mol. The van der Waals surface area contributed by atoms with Crippen LogP contribution in [0.5, 0.6) is 0 Å². The average Bonchev–Trinajstić information content (AvgIpc) is 2.30. The Balaban J connectivity index is 2.08. The van der Waals surface area contributed by atoms with Crippen LogP contribution in [0.4, 0.5) is 0 Å². The summed E-state index contributed by atoms with van der Waals surface area (Å²) < 4.78 is 25.9. The fraction of sp³-hybridized carbons (Fsp3) is 0.545. The van der Waals surface area contributed by atoms with E-state index in [4.69, 9.17) is 0 Å². The predicted molar refractivity (Wildman–Crippen MR) is 65.9 cm³/mol. The van der Waals surface area contributed by atoms with Gasteiger partial charge in [0.05, 0.1) is 5.69 Å². The minimum absolute atomic E-state index is 0.0133. The van der Waals surface area contributed by atoms with Gasteiger partial charge in [-0.25, -0.2) is 8.42 Å². The molecule has 0 unspecified atom stereocenters. The Morgan fingerprint density at radius 3 is 3.00 bits per heavy atom. The van der Waals surface area contributed by atoms with E-state index in [0.29, 0.717) is 25.3 Å². The fourth-order valence-corrected chi connectivity index (χ4v) is 3.46. The summed E-state index contributed by atoms with van der Waals surface area (Å²) in [6, 6.07) is 5.53. The molecule has 1 aliphatic heterocycles. The Bertz CT molecular complexity index is 461. The van der Waals surface area contributed by atoms with Gasteiger partial charge in [-0.1, -0.05) is 6.07 Å². The first-order chi connectivity index (χ1) is 8.08. The van der Waals surface area contributed by atoms with Crippen molar-refractivity contribution in [3.8, 4) is 0 Å². The molecular formula is C11H17N3O2S. The van der Waals surface area contributed by atoms with Gasteiger partial charge < -0.3 is 5.32 Å². The quantitative estimate of drug-likeness (QED) is 0.838. The number of nitrogens with zero attached hydrogens (tertiary/aromatic N) is 2. The van der Waals surface area contributed by atoms with Crippen LogP contribution < -0.4 is 5.32 Å². The maximum Gasteiger partial charge on any atom is 0.219 e. The van der Waals surface area contributed by atoms with Crippen LogP contribution in [0.1, 0.15) is 12.6 Å². The van der Waals surface area contributed by atoms with E-state index in [2.05, 4.69) is 10.3 Å². The average molecular weight is 255 g/mol. The van der Waals surface area contributed by atoms with Crippen LogP contribution in [-0.4, -0.2) is 43.4 Å². The van der Waals surface area contributed by atoms with Gasteiger partial charge in [0, 0.05) is 31.9 Å².